The number of para-hydroxylation sites is 1. The third-order valence-electron chi connectivity index (χ3n) is 3.96. The number of anilines is 1. The van der Waals surface area contributed by atoms with E-state index < -0.39 is 5.60 Å². The summed E-state index contributed by atoms with van der Waals surface area (Å²) in [6.07, 6.45) is 3.32. The molecule has 1 heterocycles. The van der Waals surface area contributed by atoms with Crippen molar-refractivity contribution < 1.29 is 9.53 Å². The van der Waals surface area contributed by atoms with Crippen LogP contribution in [0.4, 0.5) is 10.5 Å². The first-order valence-corrected chi connectivity index (χ1v) is 8.68. The SMILES string of the molecule is C=CC1(Nc2ccccc2Br)CCN(C(=O)OC(C)(C)C)CC1. The highest BCUT2D eigenvalue weighted by Crippen LogP contribution is 2.32. The minimum atomic E-state index is -0.461. The normalized spacial score (nSPS) is 17.5. The second-order valence-electron chi connectivity index (χ2n) is 6.93. The molecule has 1 fully saturated rings. The molecule has 1 aliphatic heterocycles. The summed E-state index contributed by atoms with van der Waals surface area (Å²) in [5.41, 5.74) is 0.373. The number of halogens is 1. The fourth-order valence-corrected chi connectivity index (χ4v) is 3.01. The molecule has 5 heteroatoms. The lowest BCUT2D eigenvalue weighted by atomic mass is 9.87. The largest absolute Gasteiger partial charge is 0.444 e. The predicted octanol–water partition coefficient (Wildman–Crippen LogP) is 4.82. The molecule has 1 amide bonds. The van der Waals surface area contributed by atoms with E-state index in [9.17, 15) is 4.79 Å². The standard InChI is InChI=1S/C18H25BrN2O2/c1-5-18(20-15-9-7-6-8-14(15)19)10-12-21(13-11-18)16(22)23-17(2,3)4/h5-9,20H,1,10-13H2,2-4H3. The van der Waals surface area contributed by atoms with E-state index >= 15 is 0 Å². The van der Waals surface area contributed by atoms with Gasteiger partial charge in [-0.1, -0.05) is 18.2 Å². The van der Waals surface area contributed by atoms with Crippen LogP contribution in [0.1, 0.15) is 33.6 Å². The van der Waals surface area contributed by atoms with Gasteiger partial charge in [-0.3, -0.25) is 0 Å². The molecule has 1 aromatic carbocycles. The van der Waals surface area contributed by atoms with Crippen LogP contribution in [0.5, 0.6) is 0 Å². The van der Waals surface area contributed by atoms with E-state index in [2.05, 4.69) is 27.8 Å². The van der Waals surface area contributed by atoms with Crippen LogP contribution in [0.15, 0.2) is 41.4 Å². The Balaban J connectivity index is 2.01. The van der Waals surface area contributed by atoms with E-state index in [1.54, 1.807) is 4.90 Å². The van der Waals surface area contributed by atoms with E-state index in [-0.39, 0.29) is 11.6 Å². The van der Waals surface area contributed by atoms with Crippen LogP contribution in [0.25, 0.3) is 0 Å². The molecule has 4 nitrogen and oxygen atoms in total. The molecule has 1 aromatic rings. The lowest BCUT2D eigenvalue weighted by molar-refractivity contribution is 0.0193. The first-order chi connectivity index (χ1) is 10.7. The summed E-state index contributed by atoms with van der Waals surface area (Å²) in [4.78, 5) is 13.9. The molecule has 0 bridgehead atoms. The van der Waals surface area contributed by atoms with Crippen LogP contribution in [0, 0.1) is 0 Å². The van der Waals surface area contributed by atoms with E-state index in [1.165, 1.54) is 0 Å². The van der Waals surface area contributed by atoms with Gasteiger partial charge < -0.3 is 15.0 Å². The molecule has 0 atom stereocenters. The highest BCUT2D eigenvalue weighted by molar-refractivity contribution is 9.10. The lowest BCUT2D eigenvalue weighted by Gasteiger charge is -2.41. The van der Waals surface area contributed by atoms with Crippen molar-refractivity contribution >= 4 is 27.7 Å². The highest BCUT2D eigenvalue weighted by atomic mass is 79.9. The molecule has 1 aliphatic rings. The van der Waals surface area contributed by atoms with E-state index in [1.807, 2.05) is 51.1 Å². The summed E-state index contributed by atoms with van der Waals surface area (Å²) in [6.45, 7) is 11.0. The van der Waals surface area contributed by atoms with Crippen molar-refractivity contribution in [2.45, 2.75) is 44.8 Å². The fraction of sp³-hybridized carbons (Fsp3) is 0.500. The molecule has 2 rings (SSSR count). The van der Waals surface area contributed by atoms with Gasteiger partial charge in [-0.25, -0.2) is 4.79 Å². The number of hydrogen-bond acceptors (Lipinski definition) is 3. The maximum atomic E-state index is 12.2. The maximum Gasteiger partial charge on any atom is 0.410 e. The number of amides is 1. The van der Waals surface area contributed by atoms with Crippen molar-refractivity contribution in [3.05, 3.63) is 41.4 Å². The summed E-state index contributed by atoms with van der Waals surface area (Å²) in [6, 6.07) is 8.03. The minimum Gasteiger partial charge on any atom is -0.444 e. The number of hydrogen-bond donors (Lipinski definition) is 1. The van der Waals surface area contributed by atoms with Crippen LogP contribution in [-0.2, 0) is 4.74 Å². The van der Waals surface area contributed by atoms with Gasteiger partial charge in [0.05, 0.1) is 5.54 Å². The number of carbonyl (C=O) groups is 1. The number of benzene rings is 1. The number of rotatable bonds is 3. The average molecular weight is 381 g/mol. The van der Waals surface area contributed by atoms with Crippen molar-refractivity contribution in [3.63, 3.8) is 0 Å². The van der Waals surface area contributed by atoms with Gasteiger partial charge >= 0.3 is 6.09 Å². The zero-order valence-electron chi connectivity index (χ0n) is 14.1. The molecule has 0 radical (unpaired) electrons. The highest BCUT2D eigenvalue weighted by Gasteiger charge is 2.35. The predicted molar refractivity (Wildman–Crippen MR) is 97.7 cm³/mol. The number of ether oxygens (including phenoxy) is 1. The Morgan fingerprint density at radius 1 is 1.35 bits per heavy atom. The Morgan fingerprint density at radius 3 is 2.48 bits per heavy atom. The number of nitrogens with zero attached hydrogens (tertiary/aromatic N) is 1. The summed E-state index contributed by atoms with van der Waals surface area (Å²) >= 11 is 3.56. The Hall–Kier alpha value is -1.49. The molecule has 23 heavy (non-hydrogen) atoms. The zero-order valence-corrected chi connectivity index (χ0v) is 15.6. The Bertz CT molecular complexity index is 573. The van der Waals surface area contributed by atoms with Gasteiger partial charge in [-0.15, -0.1) is 6.58 Å². The topological polar surface area (TPSA) is 41.6 Å². The molecular formula is C18H25BrN2O2. The Labute approximate surface area is 147 Å². The van der Waals surface area contributed by atoms with Crippen molar-refractivity contribution in [1.29, 1.82) is 0 Å². The monoisotopic (exact) mass is 380 g/mol. The van der Waals surface area contributed by atoms with E-state index in [4.69, 9.17) is 4.74 Å². The molecule has 0 saturated carbocycles. The summed E-state index contributed by atoms with van der Waals surface area (Å²) in [5, 5.41) is 3.58. The van der Waals surface area contributed by atoms with Crippen LogP contribution in [0.3, 0.4) is 0 Å². The van der Waals surface area contributed by atoms with Gasteiger partial charge in [0, 0.05) is 23.2 Å². The van der Waals surface area contributed by atoms with Crippen LogP contribution >= 0.6 is 15.9 Å². The lowest BCUT2D eigenvalue weighted by Crippen LogP contribution is -2.50. The van der Waals surface area contributed by atoms with Gasteiger partial charge in [-0.2, -0.15) is 0 Å². The summed E-state index contributed by atoms with van der Waals surface area (Å²) < 4.78 is 6.47. The third kappa shape index (κ3) is 4.74. The Kier molecular flexibility index (Phi) is 5.40. The van der Waals surface area contributed by atoms with Crippen molar-refractivity contribution in [3.8, 4) is 0 Å². The van der Waals surface area contributed by atoms with Gasteiger partial charge in [0.15, 0.2) is 0 Å². The van der Waals surface area contributed by atoms with Crippen molar-refractivity contribution in [2.75, 3.05) is 18.4 Å². The molecule has 0 aromatic heterocycles. The number of likely N-dealkylation sites (tertiary alicyclic amines) is 1. The molecule has 0 aliphatic carbocycles. The zero-order chi connectivity index (χ0) is 17.1. The minimum absolute atomic E-state index is 0.206. The molecular weight excluding hydrogens is 356 g/mol. The average Bonchev–Trinajstić information content (AvgIpc) is 2.48. The number of carbonyl (C=O) groups excluding carboxylic acids is 1. The maximum absolute atomic E-state index is 12.2. The Morgan fingerprint density at radius 2 is 1.96 bits per heavy atom. The van der Waals surface area contributed by atoms with E-state index in [0.717, 1.165) is 23.0 Å². The molecule has 1 saturated heterocycles. The van der Waals surface area contributed by atoms with Gasteiger partial charge in [0.2, 0.25) is 0 Å². The smallest absolute Gasteiger partial charge is 0.410 e. The first-order valence-electron chi connectivity index (χ1n) is 7.89. The van der Waals surface area contributed by atoms with Gasteiger partial charge in [-0.05, 0) is 61.7 Å². The van der Waals surface area contributed by atoms with Gasteiger partial charge in [0.1, 0.15) is 5.60 Å². The summed E-state index contributed by atoms with van der Waals surface area (Å²) in [7, 11) is 0. The second kappa shape index (κ2) is 6.95. The van der Waals surface area contributed by atoms with Crippen LogP contribution in [0.2, 0.25) is 0 Å². The number of piperidine rings is 1. The molecule has 0 spiro atoms. The fourth-order valence-electron chi connectivity index (χ4n) is 2.63. The first kappa shape index (κ1) is 17.9. The van der Waals surface area contributed by atoms with Crippen LogP contribution in [-0.4, -0.2) is 35.2 Å². The van der Waals surface area contributed by atoms with Crippen LogP contribution < -0.4 is 5.32 Å². The molecule has 1 N–H and O–H groups in total. The van der Waals surface area contributed by atoms with E-state index in [0.29, 0.717) is 13.1 Å². The quantitative estimate of drug-likeness (QED) is 0.764. The third-order valence-corrected chi connectivity index (χ3v) is 4.65. The molecule has 0 unspecified atom stereocenters. The summed E-state index contributed by atoms with van der Waals surface area (Å²) in [5.74, 6) is 0. The van der Waals surface area contributed by atoms with Gasteiger partial charge in [0.25, 0.3) is 0 Å². The molecule has 126 valence electrons. The number of nitrogens with one attached hydrogen (secondary N) is 1. The van der Waals surface area contributed by atoms with Crippen molar-refractivity contribution in [1.82, 2.24) is 4.90 Å². The van der Waals surface area contributed by atoms with Crippen molar-refractivity contribution in [2.24, 2.45) is 0 Å². The second-order valence-corrected chi connectivity index (χ2v) is 7.79.